The zero-order valence-electron chi connectivity index (χ0n) is 8.70. The van der Waals surface area contributed by atoms with Gasteiger partial charge in [0.05, 0.1) is 0 Å². The first kappa shape index (κ1) is 11.6. The van der Waals surface area contributed by atoms with Gasteiger partial charge in [0.2, 0.25) is 0 Å². The van der Waals surface area contributed by atoms with E-state index < -0.39 is 8.38 Å². The van der Waals surface area contributed by atoms with Gasteiger partial charge < -0.3 is 9.79 Å². The lowest BCUT2D eigenvalue weighted by Gasteiger charge is -2.12. The Kier molecular flexibility index (Phi) is 4.53. The molecule has 1 rings (SSSR count). The minimum Gasteiger partial charge on any atom is -0.347 e. The molecule has 0 saturated heterocycles. The van der Waals surface area contributed by atoms with Crippen LogP contribution in [0.15, 0.2) is 18.2 Å². The molecule has 1 aromatic rings. The van der Waals surface area contributed by atoms with Crippen molar-refractivity contribution in [3.63, 3.8) is 0 Å². The summed E-state index contributed by atoms with van der Waals surface area (Å²) in [5, 5.41) is 0.716. The molecule has 1 aromatic carbocycles. The number of unbranched alkanes of at least 4 members (excludes halogenated alkanes) is 1. The number of rotatable bonds is 4. The van der Waals surface area contributed by atoms with Crippen molar-refractivity contribution >= 4 is 13.7 Å². The lowest BCUT2D eigenvalue weighted by atomic mass is 10.0. The minimum absolute atomic E-state index is 0.716. The van der Waals surface area contributed by atoms with Crippen molar-refractivity contribution in [1.29, 1.82) is 0 Å². The lowest BCUT2D eigenvalue weighted by Crippen LogP contribution is -2.10. The molecular formula is C11H17O2P. The van der Waals surface area contributed by atoms with E-state index in [1.807, 2.05) is 25.1 Å². The zero-order valence-corrected chi connectivity index (χ0v) is 9.59. The van der Waals surface area contributed by atoms with Crippen molar-refractivity contribution in [2.24, 2.45) is 0 Å². The van der Waals surface area contributed by atoms with Gasteiger partial charge in [-0.25, -0.2) is 0 Å². The number of hydrogen-bond acceptors (Lipinski definition) is 2. The van der Waals surface area contributed by atoms with Gasteiger partial charge in [0.15, 0.2) is 8.38 Å². The second-order valence-corrected chi connectivity index (χ2v) is 4.53. The smallest absolute Gasteiger partial charge is 0.199 e. The summed E-state index contributed by atoms with van der Waals surface area (Å²) in [7, 11) is -1.95. The highest BCUT2D eigenvalue weighted by Crippen LogP contribution is 2.26. The van der Waals surface area contributed by atoms with Crippen LogP contribution < -0.4 is 5.30 Å². The molecule has 0 aromatic heterocycles. The summed E-state index contributed by atoms with van der Waals surface area (Å²) in [5.41, 5.74) is 2.28. The van der Waals surface area contributed by atoms with Crippen molar-refractivity contribution in [2.75, 3.05) is 0 Å². The van der Waals surface area contributed by atoms with Crippen LogP contribution in [0.4, 0.5) is 0 Å². The van der Waals surface area contributed by atoms with Gasteiger partial charge >= 0.3 is 0 Å². The predicted molar refractivity (Wildman–Crippen MR) is 60.8 cm³/mol. The Morgan fingerprint density at radius 1 is 1.29 bits per heavy atom. The molecule has 0 saturated carbocycles. The van der Waals surface area contributed by atoms with E-state index in [9.17, 15) is 9.79 Å². The van der Waals surface area contributed by atoms with E-state index >= 15 is 0 Å². The van der Waals surface area contributed by atoms with E-state index in [1.54, 1.807) is 0 Å². The second-order valence-electron chi connectivity index (χ2n) is 3.47. The first-order chi connectivity index (χ1) is 6.66. The van der Waals surface area contributed by atoms with Crippen LogP contribution in [0.2, 0.25) is 0 Å². The Morgan fingerprint density at radius 2 is 2.00 bits per heavy atom. The second kappa shape index (κ2) is 5.45. The van der Waals surface area contributed by atoms with Gasteiger partial charge in [-0.2, -0.15) is 0 Å². The molecule has 0 radical (unpaired) electrons. The quantitative estimate of drug-likeness (QED) is 0.751. The Morgan fingerprint density at radius 3 is 2.57 bits per heavy atom. The fourth-order valence-corrected chi connectivity index (χ4v) is 2.30. The van der Waals surface area contributed by atoms with Gasteiger partial charge in [0.1, 0.15) is 0 Å². The molecule has 2 nitrogen and oxygen atoms in total. The highest BCUT2D eigenvalue weighted by Gasteiger charge is 2.11. The largest absolute Gasteiger partial charge is 0.347 e. The van der Waals surface area contributed by atoms with E-state index in [2.05, 4.69) is 6.92 Å². The predicted octanol–water partition coefficient (Wildman–Crippen LogP) is 2.26. The van der Waals surface area contributed by atoms with Crippen LogP contribution in [0.25, 0.3) is 0 Å². The molecule has 0 spiro atoms. The van der Waals surface area contributed by atoms with Gasteiger partial charge in [-0.05, 0) is 37.0 Å². The summed E-state index contributed by atoms with van der Waals surface area (Å²) in [6.07, 6.45) is 3.17. The summed E-state index contributed by atoms with van der Waals surface area (Å²) in [6, 6.07) is 5.71. The molecule has 78 valence electrons. The van der Waals surface area contributed by atoms with Crippen LogP contribution in [-0.2, 0) is 6.42 Å². The molecule has 2 N–H and O–H groups in total. The van der Waals surface area contributed by atoms with Crippen molar-refractivity contribution < 1.29 is 9.79 Å². The molecule has 0 aliphatic heterocycles. The highest BCUT2D eigenvalue weighted by atomic mass is 31.2. The maximum atomic E-state index is 9.25. The topological polar surface area (TPSA) is 40.5 Å². The Bertz CT molecular complexity index is 297. The van der Waals surface area contributed by atoms with Crippen LogP contribution >= 0.6 is 8.38 Å². The van der Waals surface area contributed by atoms with Crippen molar-refractivity contribution in [3.8, 4) is 0 Å². The Labute approximate surface area is 86.5 Å². The van der Waals surface area contributed by atoms with Crippen molar-refractivity contribution in [1.82, 2.24) is 0 Å². The summed E-state index contributed by atoms with van der Waals surface area (Å²) in [4.78, 5) is 18.5. The van der Waals surface area contributed by atoms with E-state index in [0.29, 0.717) is 5.30 Å². The molecule has 0 atom stereocenters. The van der Waals surface area contributed by atoms with E-state index in [0.717, 1.165) is 30.4 Å². The van der Waals surface area contributed by atoms with Gasteiger partial charge in [-0.15, -0.1) is 0 Å². The maximum absolute atomic E-state index is 9.25. The van der Waals surface area contributed by atoms with Gasteiger partial charge in [-0.1, -0.05) is 25.5 Å². The molecule has 0 amide bonds. The monoisotopic (exact) mass is 212 g/mol. The normalized spacial score (nSPS) is 10.9. The lowest BCUT2D eigenvalue weighted by molar-refractivity contribution is 0.496. The van der Waals surface area contributed by atoms with E-state index in [1.165, 1.54) is 0 Å². The fraction of sp³-hybridized carbons (Fsp3) is 0.455. The van der Waals surface area contributed by atoms with Crippen molar-refractivity contribution in [3.05, 3.63) is 29.3 Å². The summed E-state index contributed by atoms with van der Waals surface area (Å²) >= 11 is 0. The standard InChI is InChI=1S/C11H17O2P/c1-3-4-7-10-9(2)6-5-8-11(10)14(12)13/h5-6,8,12-13H,3-4,7H2,1-2H3. The number of benzene rings is 1. The van der Waals surface area contributed by atoms with Gasteiger partial charge in [0, 0.05) is 5.30 Å². The van der Waals surface area contributed by atoms with Gasteiger partial charge in [0.25, 0.3) is 0 Å². The molecule has 0 aliphatic carbocycles. The van der Waals surface area contributed by atoms with Crippen molar-refractivity contribution in [2.45, 2.75) is 33.1 Å². The van der Waals surface area contributed by atoms with E-state index in [-0.39, 0.29) is 0 Å². The maximum Gasteiger partial charge on any atom is 0.199 e. The molecular weight excluding hydrogens is 195 g/mol. The van der Waals surface area contributed by atoms with Crippen LogP contribution in [0.3, 0.4) is 0 Å². The average Bonchev–Trinajstić information content (AvgIpc) is 2.15. The number of hydrogen-bond donors (Lipinski definition) is 2. The third-order valence-corrected chi connectivity index (χ3v) is 3.23. The van der Waals surface area contributed by atoms with E-state index in [4.69, 9.17) is 0 Å². The third kappa shape index (κ3) is 2.78. The Hall–Kier alpha value is -0.430. The summed E-state index contributed by atoms with van der Waals surface area (Å²) in [6.45, 7) is 4.16. The molecule has 3 heteroatoms. The fourth-order valence-electron chi connectivity index (χ4n) is 1.55. The summed E-state index contributed by atoms with van der Waals surface area (Å²) < 4.78 is 0. The Balaban J connectivity index is 2.96. The number of aryl methyl sites for hydroxylation is 1. The first-order valence-electron chi connectivity index (χ1n) is 4.93. The first-order valence-corrected chi connectivity index (χ1v) is 6.18. The van der Waals surface area contributed by atoms with Crippen LogP contribution in [-0.4, -0.2) is 9.79 Å². The third-order valence-electron chi connectivity index (χ3n) is 2.38. The van der Waals surface area contributed by atoms with Crippen LogP contribution in [0, 0.1) is 6.92 Å². The SMILES string of the molecule is CCCCc1c(C)cccc1P(O)O. The highest BCUT2D eigenvalue weighted by molar-refractivity contribution is 7.54. The molecule has 0 bridgehead atoms. The molecule has 14 heavy (non-hydrogen) atoms. The van der Waals surface area contributed by atoms with Gasteiger partial charge in [-0.3, -0.25) is 0 Å². The summed E-state index contributed by atoms with van der Waals surface area (Å²) in [5.74, 6) is 0. The zero-order chi connectivity index (χ0) is 10.6. The molecule has 0 heterocycles. The molecule has 0 fully saturated rings. The minimum atomic E-state index is -1.95. The molecule has 0 unspecified atom stereocenters. The van der Waals surface area contributed by atoms with Crippen LogP contribution in [0.5, 0.6) is 0 Å². The van der Waals surface area contributed by atoms with Crippen LogP contribution in [0.1, 0.15) is 30.9 Å². The molecule has 0 aliphatic rings. The average molecular weight is 212 g/mol.